The van der Waals surface area contributed by atoms with Crippen LogP contribution in [-0.4, -0.2) is 153 Å². The molecule has 2 aromatic heterocycles. The molecule has 22 nitrogen and oxygen atoms in total. The number of carboxylic acid groups (broad SMARTS) is 1. The predicted molar refractivity (Wildman–Crippen MR) is 342 cm³/mol. The first-order valence-corrected chi connectivity index (χ1v) is 29.1. The number of aliphatic hydroxyl groups is 2. The first-order chi connectivity index (χ1) is 40.9. The fourth-order valence-corrected chi connectivity index (χ4v) is 9.29. The van der Waals surface area contributed by atoms with Gasteiger partial charge in [-0.15, -0.1) is 0 Å². The number of nitrogens with one attached hydrogen (secondary N) is 1. The molecule has 0 saturated carbocycles. The van der Waals surface area contributed by atoms with Crippen LogP contribution in [0.2, 0.25) is 10.0 Å². The minimum atomic E-state index is -0.953. The third-order valence-corrected chi connectivity index (χ3v) is 13.5. The average Bonchev–Trinajstić information content (AvgIpc) is 2.70. The zero-order chi connectivity index (χ0) is 62.6. The topological polar surface area (TPSA) is 339 Å². The number of benzene rings is 4. The minimum absolute atomic E-state index is 0. The molecular weight excluding hydrogens is 1190 g/mol. The van der Waals surface area contributed by atoms with E-state index in [1.54, 1.807) is 124 Å². The standard InChI is InChI=1S/C30H33ClN4O5.C19H16ClN3O2.C11H19NO4.C4H8O.CH4.Li.2H2O/c1-30(2,3)40-29(39)35-15-5-4-6-25(35)28(38)32-23-12-8-20(9-13-23)7-10-21-19-34(16-17-36)33-27(21)24-18-22(31)11-14-26(24)37;20-15-5-8-18(25)17(11-15)19-14(12-23(22-19)9-10-24)4-1-13-2-6-16(21)7-3-13;1-11(2,3)16-10(15)12-7-5-4-6-8(12)9(13)14;1-2-4-5-3-1;;;;/h8-9,11-14,18-19,25,36-37H,4-6,15-17H2,1-3H3,(H,32,38);2-3,5-8,11-12,24-25H,9-10,21H2;8H,4-7H2,1-3H3,(H,13,14);1-4H2;1H4;;2*1H2/q;;;;;+1;;/p-1/t25-;;8-;;;;;/m1.1...../s1. The van der Waals surface area contributed by atoms with E-state index in [4.69, 9.17) is 53.4 Å². The van der Waals surface area contributed by atoms with Crippen LogP contribution in [0.1, 0.15) is 123 Å². The van der Waals surface area contributed by atoms with Crippen LogP contribution in [0.3, 0.4) is 0 Å². The Bertz CT molecular complexity index is 3390. The second-order valence-electron chi connectivity index (χ2n) is 22.3. The van der Waals surface area contributed by atoms with Crippen molar-refractivity contribution in [1.82, 2.24) is 29.4 Å². The van der Waals surface area contributed by atoms with E-state index in [1.165, 1.54) is 34.8 Å². The van der Waals surface area contributed by atoms with Crippen LogP contribution in [-0.2, 0) is 36.9 Å². The Labute approximate surface area is 548 Å². The maximum Gasteiger partial charge on any atom is 1.00 e. The van der Waals surface area contributed by atoms with Crippen LogP contribution < -0.4 is 29.9 Å². The number of anilines is 2. The second kappa shape index (κ2) is 37.4. The molecule has 482 valence electrons. The molecule has 3 fully saturated rings. The van der Waals surface area contributed by atoms with E-state index < -0.39 is 41.4 Å². The molecule has 0 spiro atoms. The first kappa shape index (κ1) is 78.4. The summed E-state index contributed by atoms with van der Waals surface area (Å²) < 4.78 is 18.8. The van der Waals surface area contributed by atoms with Gasteiger partial charge in [-0.1, -0.05) is 54.3 Å². The second-order valence-corrected chi connectivity index (χ2v) is 23.2. The number of nitrogen functional groups attached to an aromatic ring is 1. The van der Waals surface area contributed by atoms with E-state index in [1.807, 2.05) is 12.1 Å². The number of aromatic nitrogens is 4. The smallest absolute Gasteiger partial charge is 0.870 e. The van der Waals surface area contributed by atoms with Crippen molar-refractivity contribution in [3.8, 4) is 57.7 Å². The fourth-order valence-electron chi connectivity index (χ4n) is 8.94. The number of hydrogen-bond donors (Lipinski definition) is 7. The number of aliphatic hydroxyl groups excluding tert-OH is 2. The summed E-state index contributed by atoms with van der Waals surface area (Å²) >= 11 is 12.2. The van der Waals surface area contributed by atoms with E-state index in [2.05, 4.69) is 39.2 Å². The number of piperidine rings is 2. The number of amides is 3. The van der Waals surface area contributed by atoms with Gasteiger partial charge in [0.1, 0.15) is 46.2 Å². The van der Waals surface area contributed by atoms with Gasteiger partial charge >= 0.3 is 37.0 Å². The van der Waals surface area contributed by atoms with Gasteiger partial charge < -0.3 is 61.7 Å². The number of rotatable bonds is 9. The third kappa shape index (κ3) is 24.6. The quantitative estimate of drug-likeness (QED) is 0.0427. The number of carboxylic acids is 1. The summed E-state index contributed by atoms with van der Waals surface area (Å²) in [6.07, 6.45) is 9.43. The van der Waals surface area contributed by atoms with Gasteiger partial charge in [0.15, 0.2) is 0 Å². The Morgan fingerprint density at radius 3 is 1.44 bits per heavy atom. The number of halogens is 2. The Balaban J connectivity index is 0.000000470. The molecule has 3 aliphatic heterocycles. The summed E-state index contributed by atoms with van der Waals surface area (Å²) in [5.74, 6) is 11.2. The fraction of sp³-hybridized carbons (Fsp3) is 0.415. The molecule has 0 unspecified atom stereocenters. The number of aliphatic carboxylic acids is 1. The number of carbonyl (C=O) groups is 4. The average molecular weight is 1280 g/mol. The zero-order valence-corrected chi connectivity index (χ0v) is 52.8. The number of nitrogens with zero attached hydrogens (tertiary/aromatic N) is 6. The molecular formula is C65H83Cl2LiN8O14. The summed E-state index contributed by atoms with van der Waals surface area (Å²) in [7, 11) is 0. The van der Waals surface area contributed by atoms with E-state index in [-0.39, 0.29) is 74.4 Å². The van der Waals surface area contributed by atoms with Crippen LogP contribution >= 0.6 is 23.2 Å². The van der Waals surface area contributed by atoms with Gasteiger partial charge in [-0.25, -0.2) is 14.4 Å². The Hall–Kier alpha value is -7.72. The maximum absolute atomic E-state index is 13.1. The van der Waals surface area contributed by atoms with E-state index in [0.29, 0.717) is 93.1 Å². The SMILES string of the molecule is C.C1CCOC1.CC(C)(C)OC(=O)N1CCCC[C@@H]1C(=O)Nc1ccc(C#Cc2cn(CCO)nc2-c2cc(Cl)ccc2O)cc1.CC(C)(C)OC(=O)N1CCCC[C@@H]1C(=O)O.Nc1ccc(C#Cc2cn(CCO)nc2-c2cc(Cl)ccc2O)cc1.O.[Li+].[OH-]. The van der Waals surface area contributed by atoms with Crippen molar-refractivity contribution < 1.29 is 88.7 Å². The van der Waals surface area contributed by atoms with Crippen molar-refractivity contribution in [3.63, 3.8) is 0 Å². The van der Waals surface area contributed by atoms with Crippen LogP contribution in [0.15, 0.2) is 97.3 Å². The largest absolute Gasteiger partial charge is 1.00 e. The first-order valence-electron chi connectivity index (χ1n) is 28.4. The molecule has 0 bridgehead atoms. The molecule has 2 atom stereocenters. The van der Waals surface area contributed by atoms with E-state index in [0.717, 1.165) is 44.5 Å². The normalized spacial score (nSPS) is 14.8. The number of hydrogen-bond acceptors (Lipinski definition) is 15. The van der Waals surface area contributed by atoms with Crippen molar-refractivity contribution in [2.24, 2.45) is 0 Å². The molecule has 0 aliphatic carbocycles. The molecule has 0 radical (unpaired) electrons. The maximum atomic E-state index is 13.1. The van der Waals surface area contributed by atoms with Crippen molar-refractivity contribution in [1.29, 1.82) is 0 Å². The number of likely N-dealkylation sites (tertiary alicyclic amines) is 2. The van der Waals surface area contributed by atoms with Crippen molar-refractivity contribution in [2.75, 3.05) is 50.6 Å². The van der Waals surface area contributed by atoms with E-state index in [9.17, 15) is 34.5 Å². The van der Waals surface area contributed by atoms with Crippen molar-refractivity contribution in [3.05, 3.63) is 130 Å². The number of phenolic OH excluding ortho intramolecular Hbond substituents is 2. The zero-order valence-electron chi connectivity index (χ0n) is 51.3. The molecule has 5 heterocycles. The summed E-state index contributed by atoms with van der Waals surface area (Å²) in [6, 6.07) is 22.4. The monoisotopic (exact) mass is 1280 g/mol. The van der Waals surface area contributed by atoms with Gasteiger partial charge in [0.25, 0.3) is 0 Å². The molecule has 90 heavy (non-hydrogen) atoms. The number of carbonyl (C=O) groups excluding carboxylic acids is 3. The van der Waals surface area contributed by atoms with Crippen molar-refractivity contribution in [2.45, 2.75) is 137 Å². The van der Waals surface area contributed by atoms with Gasteiger partial charge in [-0.05, 0) is 178 Å². The number of phenols is 2. The van der Waals surface area contributed by atoms with Crippen molar-refractivity contribution >= 4 is 58.6 Å². The van der Waals surface area contributed by atoms with Crippen LogP contribution in [0.4, 0.5) is 21.0 Å². The molecule has 3 amide bonds. The molecule has 3 saturated heterocycles. The molecule has 4 aromatic carbocycles. The van der Waals surface area contributed by atoms with Crippen LogP contribution in [0.5, 0.6) is 11.5 Å². The van der Waals surface area contributed by atoms with E-state index >= 15 is 0 Å². The third-order valence-electron chi connectivity index (χ3n) is 13.0. The number of nitrogens with two attached hydrogens (primary N) is 1. The van der Waals surface area contributed by atoms with Gasteiger partial charge in [-0.3, -0.25) is 24.0 Å². The number of aromatic hydroxyl groups is 2. The summed E-state index contributed by atoms with van der Waals surface area (Å²) in [4.78, 5) is 51.3. The molecule has 9 rings (SSSR count). The summed E-state index contributed by atoms with van der Waals surface area (Å²) in [6.45, 7) is 14.1. The van der Waals surface area contributed by atoms with Crippen LogP contribution in [0, 0.1) is 23.7 Å². The van der Waals surface area contributed by atoms with Gasteiger partial charge in [0.05, 0.1) is 37.4 Å². The Morgan fingerprint density at radius 2 is 1.06 bits per heavy atom. The number of ether oxygens (including phenoxy) is 3. The predicted octanol–water partition coefficient (Wildman–Crippen LogP) is 7.21. The summed E-state index contributed by atoms with van der Waals surface area (Å²) in [5.41, 5.74) is 10.3. The summed E-state index contributed by atoms with van der Waals surface area (Å²) in [5, 5.41) is 60.7. The molecule has 6 aromatic rings. The molecule has 11 N–H and O–H groups in total. The van der Waals surface area contributed by atoms with Gasteiger partial charge in [-0.2, -0.15) is 10.2 Å². The Kier molecular flexibility index (Phi) is 32.6. The van der Waals surface area contributed by atoms with Gasteiger partial charge in [0.2, 0.25) is 5.91 Å². The Morgan fingerprint density at radius 1 is 0.644 bits per heavy atom. The van der Waals surface area contributed by atoms with Gasteiger partial charge in [0, 0.05) is 82.4 Å². The van der Waals surface area contributed by atoms with Crippen LogP contribution in [0.25, 0.3) is 22.5 Å². The minimum Gasteiger partial charge on any atom is -0.870 e. The molecule has 25 heteroatoms. The molecule has 3 aliphatic rings.